The van der Waals surface area contributed by atoms with Crippen LogP contribution in [-0.2, 0) is 42.6 Å². The van der Waals surface area contributed by atoms with Crippen molar-refractivity contribution in [1.29, 1.82) is 0 Å². The highest BCUT2D eigenvalue weighted by Gasteiger charge is 2.08. The predicted octanol–water partition coefficient (Wildman–Crippen LogP) is 2.59. The highest BCUT2D eigenvalue weighted by Crippen LogP contribution is 2.17. The molecule has 0 aliphatic heterocycles. The summed E-state index contributed by atoms with van der Waals surface area (Å²) in [5.41, 5.74) is 0.313. The SMILES string of the molecule is CCOCCOCCOCCOCCOCCOCCOCCOCCOCCC(C)(C)C. The van der Waals surface area contributed by atoms with E-state index in [2.05, 4.69) is 20.8 Å². The van der Waals surface area contributed by atoms with Crippen LogP contribution >= 0.6 is 0 Å². The van der Waals surface area contributed by atoms with Gasteiger partial charge in [0.15, 0.2) is 0 Å². The van der Waals surface area contributed by atoms with Gasteiger partial charge in [-0.3, -0.25) is 0 Å². The van der Waals surface area contributed by atoms with Gasteiger partial charge in [0, 0.05) is 13.2 Å². The van der Waals surface area contributed by atoms with Crippen molar-refractivity contribution in [2.24, 2.45) is 5.41 Å². The monoisotopic (exact) mass is 482 g/mol. The van der Waals surface area contributed by atoms with Gasteiger partial charge in [0.2, 0.25) is 0 Å². The molecule has 0 aromatic carbocycles. The molecule has 0 rings (SSSR count). The fourth-order valence-electron chi connectivity index (χ4n) is 2.28. The van der Waals surface area contributed by atoms with E-state index in [0.717, 1.165) is 13.0 Å². The van der Waals surface area contributed by atoms with E-state index in [-0.39, 0.29) is 0 Å². The number of rotatable bonds is 27. The van der Waals surface area contributed by atoms with Crippen molar-refractivity contribution in [2.45, 2.75) is 34.1 Å². The maximum absolute atomic E-state index is 5.54. The summed E-state index contributed by atoms with van der Waals surface area (Å²) in [7, 11) is 0. The van der Waals surface area contributed by atoms with Gasteiger partial charge in [-0.25, -0.2) is 0 Å². The smallest absolute Gasteiger partial charge is 0.0701 e. The van der Waals surface area contributed by atoms with E-state index in [1.807, 2.05) is 6.92 Å². The molecule has 0 saturated carbocycles. The summed E-state index contributed by atoms with van der Waals surface area (Å²) in [6.07, 6.45) is 1.05. The highest BCUT2D eigenvalue weighted by molar-refractivity contribution is 4.59. The molecule has 0 fully saturated rings. The van der Waals surface area contributed by atoms with E-state index >= 15 is 0 Å². The Labute approximate surface area is 201 Å². The van der Waals surface area contributed by atoms with Gasteiger partial charge in [0.05, 0.1) is 106 Å². The first-order valence-corrected chi connectivity index (χ1v) is 12.3. The Morgan fingerprint density at radius 2 is 0.545 bits per heavy atom. The lowest BCUT2D eigenvalue weighted by atomic mass is 9.93. The van der Waals surface area contributed by atoms with E-state index in [1.165, 1.54) is 0 Å². The minimum Gasteiger partial charge on any atom is -0.379 e. The first-order chi connectivity index (χ1) is 16.1. The Kier molecular flexibility index (Phi) is 26.0. The molecule has 9 heteroatoms. The Morgan fingerprint density at radius 3 is 0.758 bits per heavy atom. The first kappa shape index (κ1) is 32.6. The summed E-state index contributed by atoms with van der Waals surface area (Å²) >= 11 is 0. The molecule has 0 aliphatic rings. The molecule has 9 nitrogen and oxygen atoms in total. The van der Waals surface area contributed by atoms with Crippen LogP contribution in [0.15, 0.2) is 0 Å². The third-order valence-corrected chi connectivity index (χ3v) is 4.18. The van der Waals surface area contributed by atoms with Crippen LogP contribution in [0.5, 0.6) is 0 Å². The Morgan fingerprint density at radius 1 is 0.333 bits per heavy atom. The van der Waals surface area contributed by atoms with Crippen molar-refractivity contribution in [3.63, 3.8) is 0 Å². The van der Waals surface area contributed by atoms with Gasteiger partial charge >= 0.3 is 0 Å². The molecule has 0 aromatic heterocycles. The second-order valence-corrected chi connectivity index (χ2v) is 8.41. The zero-order valence-electron chi connectivity index (χ0n) is 21.6. The lowest BCUT2D eigenvalue weighted by molar-refractivity contribution is -0.0251. The topological polar surface area (TPSA) is 83.1 Å². The van der Waals surface area contributed by atoms with E-state index in [9.17, 15) is 0 Å². The zero-order chi connectivity index (χ0) is 24.3. The standard InChI is InChI=1S/C24H50O9/c1-5-25-8-9-27-12-13-29-16-17-31-20-21-33-23-22-32-19-18-30-15-14-28-11-10-26-7-6-24(2,3)4/h5-23H2,1-4H3. The van der Waals surface area contributed by atoms with Crippen LogP contribution in [0.1, 0.15) is 34.1 Å². The number of hydrogen-bond acceptors (Lipinski definition) is 9. The quantitative estimate of drug-likeness (QED) is 0.164. The summed E-state index contributed by atoms with van der Waals surface area (Å²) in [4.78, 5) is 0. The van der Waals surface area contributed by atoms with Gasteiger partial charge in [-0.05, 0) is 18.8 Å². The third kappa shape index (κ3) is 31.6. The van der Waals surface area contributed by atoms with E-state index in [4.69, 9.17) is 42.6 Å². The minimum atomic E-state index is 0.313. The summed E-state index contributed by atoms with van der Waals surface area (Å²) in [6, 6.07) is 0. The molecular weight excluding hydrogens is 432 g/mol. The molecule has 200 valence electrons. The largest absolute Gasteiger partial charge is 0.379 e. The van der Waals surface area contributed by atoms with Crippen molar-refractivity contribution in [3.05, 3.63) is 0 Å². The number of hydrogen-bond donors (Lipinski definition) is 0. The molecule has 0 amide bonds. The highest BCUT2D eigenvalue weighted by atomic mass is 16.6. The molecule has 0 aliphatic carbocycles. The normalized spacial score (nSPS) is 12.0. The maximum Gasteiger partial charge on any atom is 0.0701 e. The second kappa shape index (κ2) is 26.2. The van der Waals surface area contributed by atoms with Crippen LogP contribution in [0, 0.1) is 5.41 Å². The third-order valence-electron chi connectivity index (χ3n) is 4.18. The van der Waals surface area contributed by atoms with Gasteiger partial charge in [0.1, 0.15) is 0 Å². The van der Waals surface area contributed by atoms with Gasteiger partial charge in [-0.15, -0.1) is 0 Å². The Bertz CT molecular complexity index is 364. The summed E-state index contributed by atoms with van der Waals surface area (Å²) in [5, 5.41) is 0. The van der Waals surface area contributed by atoms with E-state index in [1.54, 1.807) is 0 Å². The van der Waals surface area contributed by atoms with Crippen LogP contribution in [0.2, 0.25) is 0 Å². The van der Waals surface area contributed by atoms with Crippen LogP contribution in [-0.4, -0.2) is 119 Å². The van der Waals surface area contributed by atoms with E-state index < -0.39 is 0 Å². The average molecular weight is 483 g/mol. The zero-order valence-corrected chi connectivity index (χ0v) is 21.6. The molecule has 0 atom stereocenters. The predicted molar refractivity (Wildman–Crippen MR) is 127 cm³/mol. The molecule has 0 radical (unpaired) electrons. The fourth-order valence-corrected chi connectivity index (χ4v) is 2.28. The van der Waals surface area contributed by atoms with Crippen LogP contribution in [0.4, 0.5) is 0 Å². The van der Waals surface area contributed by atoms with Crippen molar-refractivity contribution in [2.75, 3.05) is 119 Å². The molecule has 33 heavy (non-hydrogen) atoms. The van der Waals surface area contributed by atoms with Crippen molar-refractivity contribution >= 4 is 0 Å². The Balaban J connectivity index is 3.03. The van der Waals surface area contributed by atoms with Crippen LogP contribution in [0.3, 0.4) is 0 Å². The van der Waals surface area contributed by atoms with Gasteiger partial charge in [0.25, 0.3) is 0 Å². The van der Waals surface area contributed by atoms with E-state index in [0.29, 0.717) is 118 Å². The van der Waals surface area contributed by atoms with Crippen LogP contribution < -0.4 is 0 Å². The van der Waals surface area contributed by atoms with Gasteiger partial charge in [-0.1, -0.05) is 20.8 Å². The Hall–Kier alpha value is -0.360. The summed E-state index contributed by atoms with van der Waals surface area (Å²) in [5.74, 6) is 0. The molecule has 0 heterocycles. The summed E-state index contributed by atoms with van der Waals surface area (Å²) < 4.78 is 48.7. The van der Waals surface area contributed by atoms with Crippen molar-refractivity contribution < 1.29 is 42.6 Å². The second-order valence-electron chi connectivity index (χ2n) is 8.41. The van der Waals surface area contributed by atoms with Gasteiger partial charge in [-0.2, -0.15) is 0 Å². The molecule has 0 unspecified atom stereocenters. The van der Waals surface area contributed by atoms with Crippen molar-refractivity contribution in [3.8, 4) is 0 Å². The lowest BCUT2D eigenvalue weighted by Crippen LogP contribution is -2.15. The van der Waals surface area contributed by atoms with Crippen molar-refractivity contribution in [1.82, 2.24) is 0 Å². The minimum absolute atomic E-state index is 0.313. The first-order valence-electron chi connectivity index (χ1n) is 12.3. The molecule has 0 bridgehead atoms. The molecular formula is C24H50O9. The molecule has 0 N–H and O–H groups in total. The summed E-state index contributed by atoms with van der Waals surface area (Å²) in [6.45, 7) is 19.2. The maximum atomic E-state index is 5.54. The number of ether oxygens (including phenoxy) is 9. The van der Waals surface area contributed by atoms with Crippen LogP contribution in [0.25, 0.3) is 0 Å². The van der Waals surface area contributed by atoms with Gasteiger partial charge < -0.3 is 42.6 Å². The molecule has 0 saturated heterocycles. The lowest BCUT2D eigenvalue weighted by Gasteiger charge is -2.17. The molecule has 0 spiro atoms. The fraction of sp³-hybridized carbons (Fsp3) is 1.00. The molecule has 0 aromatic rings. The average Bonchev–Trinajstić information content (AvgIpc) is 2.78.